The fourth-order valence-electron chi connectivity index (χ4n) is 3.85. The average Bonchev–Trinajstić information content (AvgIpc) is 3.31. The van der Waals surface area contributed by atoms with E-state index in [2.05, 4.69) is 10.3 Å². The molecule has 1 aromatic heterocycles. The Morgan fingerprint density at radius 2 is 2.00 bits per heavy atom. The Bertz CT molecular complexity index is 1030. The topological polar surface area (TPSA) is 132 Å². The normalized spacial score (nSPS) is 25.2. The molecule has 0 spiro atoms. The van der Waals surface area contributed by atoms with E-state index < -0.39 is 46.0 Å². The highest BCUT2D eigenvalue weighted by Gasteiger charge is 2.64. The van der Waals surface area contributed by atoms with Crippen LogP contribution in [-0.4, -0.2) is 61.3 Å². The molecule has 2 fully saturated rings. The van der Waals surface area contributed by atoms with Crippen molar-refractivity contribution < 1.29 is 29.0 Å². The summed E-state index contributed by atoms with van der Waals surface area (Å²) in [6, 6.07) is 6.64. The molecule has 2 amide bonds. The molecule has 31 heavy (non-hydrogen) atoms. The van der Waals surface area contributed by atoms with Gasteiger partial charge in [0.1, 0.15) is 29.0 Å². The number of carboxylic acid groups (broad SMARTS) is 1. The van der Waals surface area contributed by atoms with Gasteiger partial charge in [-0.2, -0.15) is 0 Å². The number of nitrogens with one attached hydrogen (secondary N) is 1. The average molecular weight is 443 g/mol. The summed E-state index contributed by atoms with van der Waals surface area (Å²) >= 11 is 1.35. The number of aliphatic carboxylic acids is 1. The maximum Gasteiger partial charge on any atom is 0.327 e. The maximum atomic E-state index is 13.1. The number of carbonyl (C=O) groups is 3. The van der Waals surface area contributed by atoms with Crippen LogP contribution in [0.4, 0.5) is 0 Å². The lowest BCUT2D eigenvalue weighted by atomic mass is 9.95. The van der Waals surface area contributed by atoms with E-state index in [0.717, 1.165) is 0 Å². The van der Waals surface area contributed by atoms with Crippen LogP contribution in [-0.2, 0) is 14.4 Å². The van der Waals surface area contributed by atoms with Crippen LogP contribution in [0, 0.1) is 0 Å². The van der Waals surface area contributed by atoms with Gasteiger partial charge in [0, 0.05) is 4.75 Å². The standard InChI is InChI=1S/C21H21N3O6S/c1-21(2)16(20(28)29)24-18(27)15(19(24)31-21)23-17(26)14(11-5-7-12(25)8-6-11)22-10-13-4-3-9-30-13/h3-10,14-16,19,25H,1-2H3,(H,23,26)(H,28,29)/t14-,15+,16+,19+/m0/s1. The highest BCUT2D eigenvalue weighted by molar-refractivity contribution is 8.01. The van der Waals surface area contributed by atoms with Gasteiger partial charge in [-0.1, -0.05) is 12.1 Å². The van der Waals surface area contributed by atoms with E-state index in [1.165, 1.54) is 41.3 Å². The van der Waals surface area contributed by atoms with E-state index in [-0.39, 0.29) is 5.75 Å². The lowest BCUT2D eigenvalue weighted by Gasteiger charge is -2.43. The number of benzene rings is 1. The number of nitrogens with zero attached hydrogens (tertiary/aromatic N) is 2. The first-order valence-corrected chi connectivity index (χ1v) is 10.5. The molecule has 0 unspecified atom stereocenters. The second-order valence-corrected chi connectivity index (χ2v) is 9.64. The van der Waals surface area contributed by atoms with Crippen molar-refractivity contribution in [2.75, 3.05) is 0 Å². The Balaban J connectivity index is 1.55. The molecule has 2 saturated heterocycles. The third-order valence-corrected chi connectivity index (χ3v) is 6.90. The number of phenols is 1. The van der Waals surface area contributed by atoms with Crippen LogP contribution in [0.5, 0.6) is 5.75 Å². The number of carboxylic acids is 1. The van der Waals surface area contributed by atoms with E-state index >= 15 is 0 Å². The molecule has 2 aromatic rings. The fraction of sp³-hybridized carbons (Fsp3) is 0.333. The number of hydrogen-bond donors (Lipinski definition) is 3. The van der Waals surface area contributed by atoms with Crippen molar-refractivity contribution >= 4 is 35.8 Å². The number of amides is 2. The number of aromatic hydroxyl groups is 1. The van der Waals surface area contributed by atoms with E-state index in [0.29, 0.717) is 11.3 Å². The molecule has 2 aliphatic rings. The first kappa shape index (κ1) is 21.0. The zero-order valence-corrected chi connectivity index (χ0v) is 17.6. The number of fused-ring (bicyclic) bond motifs is 1. The Hall–Kier alpha value is -3.27. The van der Waals surface area contributed by atoms with Crippen LogP contribution in [0.2, 0.25) is 0 Å². The van der Waals surface area contributed by atoms with Gasteiger partial charge in [-0.15, -0.1) is 11.8 Å². The summed E-state index contributed by atoms with van der Waals surface area (Å²) < 4.78 is 4.54. The molecular formula is C21H21N3O6S. The minimum absolute atomic E-state index is 0.0482. The summed E-state index contributed by atoms with van der Waals surface area (Å²) in [5.74, 6) is -1.50. The number of hydrogen-bond acceptors (Lipinski definition) is 7. The highest BCUT2D eigenvalue weighted by atomic mass is 32.2. The second kappa shape index (κ2) is 7.77. The summed E-state index contributed by atoms with van der Waals surface area (Å²) in [4.78, 5) is 43.1. The third-order valence-electron chi connectivity index (χ3n) is 5.32. The van der Waals surface area contributed by atoms with E-state index in [9.17, 15) is 24.6 Å². The van der Waals surface area contributed by atoms with Gasteiger partial charge < -0.3 is 24.8 Å². The van der Waals surface area contributed by atoms with Crippen molar-refractivity contribution in [3.05, 3.63) is 54.0 Å². The second-order valence-electron chi connectivity index (χ2n) is 7.87. The van der Waals surface area contributed by atoms with Crippen LogP contribution in [0.25, 0.3) is 0 Å². The van der Waals surface area contributed by atoms with Gasteiger partial charge in [0.2, 0.25) is 11.8 Å². The first-order valence-electron chi connectivity index (χ1n) is 9.58. The van der Waals surface area contributed by atoms with Gasteiger partial charge in [0.25, 0.3) is 0 Å². The molecule has 0 radical (unpaired) electrons. The van der Waals surface area contributed by atoms with Crippen molar-refractivity contribution in [3.8, 4) is 5.75 Å². The van der Waals surface area contributed by atoms with Crippen molar-refractivity contribution in [3.63, 3.8) is 0 Å². The monoisotopic (exact) mass is 443 g/mol. The van der Waals surface area contributed by atoms with E-state index in [4.69, 9.17) is 4.42 Å². The summed E-state index contributed by atoms with van der Waals surface area (Å²) in [5, 5.41) is 21.4. The number of furan rings is 1. The quantitative estimate of drug-likeness (QED) is 0.458. The van der Waals surface area contributed by atoms with E-state index in [1.54, 1.807) is 38.1 Å². The van der Waals surface area contributed by atoms with Crippen molar-refractivity contribution in [1.29, 1.82) is 0 Å². The van der Waals surface area contributed by atoms with Crippen LogP contribution < -0.4 is 5.32 Å². The molecule has 10 heteroatoms. The number of β-lactam (4-membered cyclic amide) rings is 1. The largest absolute Gasteiger partial charge is 0.508 e. The van der Waals surface area contributed by atoms with Gasteiger partial charge in [-0.25, -0.2) is 4.79 Å². The molecule has 0 bridgehead atoms. The van der Waals surface area contributed by atoms with Crippen molar-refractivity contribution in [2.24, 2.45) is 4.99 Å². The number of aliphatic imine (C=N–C) groups is 1. The SMILES string of the molecule is CC1(C)S[C@@H]2[C@H](NC(=O)[C@@H](N=Cc3ccco3)c3ccc(O)cc3)C(=O)N2[C@@H]1C(=O)O. The highest BCUT2D eigenvalue weighted by Crippen LogP contribution is 2.50. The molecule has 4 rings (SSSR count). The molecule has 0 aliphatic carbocycles. The number of thioether (sulfide) groups is 1. The zero-order valence-electron chi connectivity index (χ0n) is 16.8. The minimum atomic E-state index is -1.07. The Morgan fingerprint density at radius 1 is 1.29 bits per heavy atom. The maximum absolute atomic E-state index is 13.1. The van der Waals surface area contributed by atoms with Crippen LogP contribution in [0.15, 0.2) is 52.1 Å². The Labute approximate surface area is 182 Å². The predicted octanol–water partition coefficient (Wildman–Crippen LogP) is 1.78. The van der Waals surface area contributed by atoms with Gasteiger partial charge in [0.05, 0.1) is 12.5 Å². The molecule has 3 N–H and O–H groups in total. The zero-order chi connectivity index (χ0) is 22.3. The lowest BCUT2D eigenvalue weighted by molar-refractivity contribution is -0.161. The Morgan fingerprint density at radius 3 is 2.61 bits per heavy atom. The summed E-state index contributed by atoms with van der Waals surface area (Å²) in [6.07, 6.45) is 2.90. The summed E-state index contributed by atoms with van der Waals surface area (Å²) in [5.41, 5.74) is 0.518. The molecule has 2 aliphatic heterocycles. The smallest absolute Gasteiger partial charge is 0.327 e. The van der Waals surface area contributed by atoms with Gasteiger partial charge in [-0.05, 0) is 43.7 Å². The number of carbonyl (C=O) groups excluding carboxylic acids is 2. The molecule has 1 aromatic carbocycles. The third kappa shape index (κ3) is 3.78. The minimum Gasteiger partial charge on any atom is -0.508 e. The van der Waals surface area contributed by atoms with Crippen LogP contribution in [0.3, 0.4) is 0 Å². The summed E-state index contributed by atoms with van der Waals surface area (Å²) in [7, 11) is 0. The molecule has 9 nitrogen and oxygen atoms in total. The molecular weight excluding hydrogens is 422 g/mol. The molecule has 0 saturated carbocycles. The lowest BCUT2D eigenvalue weighted by Crippen LogP contribution is -2.70. The van der Waals surface area contributed by atoms with Crippen LogP contribution in [0.1, 0.15) is 31.2 Å². The van der Waals surface area contributed by atoms with Gasteiger partial charge in [-0.3, -0.25) is 14.6 Å². The number of phenolic OH excluding ortho intramolecular Hbond substituents is 1. The van der Waals surface area contributed by atoms with Crippen molar-refractivity contribution in [2.45, 2.75) is 42.1 Å². The summed E-state index contributed by atoms with van der Waals surface area (Å²) in [6.45, 7) is 3.54. The molecule has 4 atom stereocenters. The Kier molecular flexibility index (Phi) is 5.26. The van der Waals surface area contributed by atoms with Crippen LogP contribution >= 0.6 is 11.8 Å². The predicted molar refractivity (Wildman–Crippen MR) is 113 cm³/mol. The van der Waals surface area contributed by atoms with Gasteiger partial charge in [0.15, 0.2) is 6.04 Å². The number of rotatable bonds is 6. The molecule has 3 heterocycles. The molecule has 162 valence electrons. The van der Waals surface area contributed by atoms with E-state index in [1.807, 2.05) is 0 Å². The fourth-order valence-corrected chi connectivity index (χ4v) is 5.48. The first-order chi connectivity index (χ1) is 14.7. The van der Waals surface area contributed by atoms with Gasteiger partial charge >= 0.3 is 5.97 Å². The van der Waals surface area contributed by atoms with Crippen molar-refractivity contribution in [1.82, 2.24) is 10.2 Å².